The Morgan fingerprint density at radius 1 is 1.27 bits per heavy atom. The van der Waals surface area contributed by atoms with Crippen molar-refractivity contribution < 1.29 is 15.0 Å². The topological polar surface area (TPSA) is 132 Å². The monoisotopic (exact) mass is 452 g/mol. The summed E-state index contributed by atoms with van der Waals surface area (Å²) in [7, 11) is 0. The number of aryl methyl sites for hydroxylation is 1. The standard InChI is InChI=1S/C24H32N4O3.C2H4/c1-5-8-19(12-11-16(3)9-7-10-18(6-2)23(25)26)24(31)28-14-20-13-27-17(4)22(30)21(20)15-29;1-2/h6-8,10-13,29-30H,3,5,9,14-15H2,1-2,4H3,(H3,25,26)(H,28,31);1-2H2/b10-7-,12-11-,18-6+,19-8+;. The predicted octanol–water partition coefficient (Wildman–Crippen LogP) is 4.28. The molecule has 1 amide bonds. The van der Waals surface area contributed by atoms with Crippen molar-refractivity contribution in [3.8, 4) is 5.75 Å². The van der Waals surface area contributed by atoms with Crippen molar-refractivity contribution >= 4 is 11.7 Å². The van der Waals surface area contributed by atoms with Crippen LogP contribution in [0.4, 0.5) is 0 Å². The van der Waals surface area contributed by atoms with E-state index < -0.39 is 0 Å². The van der Waals surface area contributed by atoms with Gasteiger partial charge in [-0.15, -0.1) is 13.2 Å². The first-order valence-corrected chi connectivity index (χ1v) is 10.5. The van der Waals surface area contributed by atoms with E-state index in [0.717, 1.165) is 5.57 Å². The van der Waals surface area contributed by atoms with Crippen molar-refractivity contribution in [1.29, 1.82) is 5.41 Å². The van der Waals surface area contributed by atoms with Crippen molar-refractivity contribution in [3.05, 3.63) is 95.9 Å². The SMILES string of the molecule is C=C.C=C(/C=C\C(=C/CC)C(=O)NCc1cnc(C)c(O)c1CO)C/C=C\C(=C/C)C(=N)N. The molecule has 178 valence electrons. The molecule has 1 aromatic heterocycles. The van der Waals surface area contributed by atoms with Gasteiger partial charge in [-0.2, -0.15) is 0 Å². The maximum absolute atomic E-state index is 12.6. The molecule has 7 heteroatoms. The van der Waals surface area contributed by atoms with E-state index in [-0.39, 0.29) is 30.6 Å². The van der Waals surface area contributed by atoms with Gasteiger partial charge in [0, 0.05) is 29.5 Å². The molecule has 0 aliphatic carbocycles. The second kappa shape index (κ2) is 16.0. The third-order valence-corrected chi connectivity index (χ3v) is 4.51. The number of nitrogens with two attached hydrogens (primary N) is 1. The molecule has 1 rings (SSSR count). The Hall–Kier alpha value is -3.71. The summed E-state index contributed by atoms with van der Waals surface area (Å²) in [6.45, 7) is 15.2. The number of pyridine rings is 1. The Bertz CT molecular complexity index is 957. The molecule has 0 radical (unpaired) electrons. The fraction of sp³-hybridized carbons (Fsp3) is 0.269. The highest BCUT2D eigenvalue weighted by molar-refractivity contribution is 5.97. The van der Waals surface area contributed by atoms with Gasteiger partial charge in [0.15, 0.2) is 0 Å². The highest BCUT2D eigenvalue weighted by Gasteiger charge is 2.13. The van der Waals surface area contributed by atoms with Gasteiger partial charge in [0.05, 0.1) is 12.3 Å². The first kappa shape index (κ1) is 29.3. The van der Waals surface area contributed by atoms with E-state index >= 15 is 0 Å². The summed E-state index contributed by atoms with van der Waals surface area (Å²) in [4.78, 5) is 16.7. The average Bonchev–Trinajstić information content (AvgIpc) is 2.81. The number of amides is 1. The highest BCUT2D eigenvalue weighted by atomic mass is 16.3. The molecule has 0 fully saturated rings. The minimum absolute atomic E-state index is 0.00573. The van der Waals surface area contributed by atoms with Crippen LogP contribution >= 0.6 is 0 Å². The Kier molecular flexibility index (Phi) is 14.2. The van der Waals surface area contributed by atoms with Crippen molar-refractivity contribution in [2.75, 3.05) is 0 Å². The lowest BCUT2D eigenvalue weighted by atomic mass is 10.1. The van der Waals surface area contributed by atoms with Gasteiger partial charge < -0.3 is 21.3 Å². The molecule has 0 unspecified atom stereocenters. The third kappa shape index (κ3) is 9.97. The van der Waals surface area contributed by atoms with Crippen LogP contribution in [-0.4, -0.2) is 26.9 Å². The summed E-state index contributed by atoms with van der Waals surface area (Å²) in [6.07, 6.45) is 13.4. The van der Waals surface area contributed by atoms with Gasteiger partial charge >= 0.3 is 0 Å². The maximum atomic E-state index is 12.6. The number of nitrogens with zero attached hydrogens (tertiary/aromatic N) is 1. The number of hydrogen-bond acceptors (Lipinski definition) is 5. The van der Waals surface area contributed by atoms with Gasteiger partial charge in [0.2, 0.25) is 0 Å². The van der Waals surface area contributed by atoms with Crippen LogP contribution in [0.25, 0.3) is 0 Å². The predicted molar refractivity (Wildman–Crippen MR) is 136 cm³/mol. The van der Waals surface area contributed by atoms with E-state index in [1.54, 1.807) is 37.3 Å². The average molecular weight is 453 g/mol. The van der Waals surface area contributed by atoms with Gasteiger partial charge in [-0.1, -0.05) is 49.5 Å². The second-order valence-corrected chi connectivity index (χ2v) is 6.86. The molecule has 1 heterocycles. The van der Waals surface area contributed by atoms with Crippen molar-refractivity contribution in [2.24, 2.45) is 5.73 Å². The Morgan fingerprint density at radius 2 is 1.94 bits per heavy atom. The largest absolute Gasteiger partial charge is 0.506 e. The van der Waals surface area contributed by atoms with Gasteiger partial charge in [-0.05, 0) is 38.3 Å². The zero-order chi connectivity index (χ0) is 25.4. The number of carbonyl (C=O) groups excluding carboxylic acids is 1. The quantitative estimate of drug-likeness (QED) is 0.112. The van der Waals surface area contributed by atoms with E-state index in [1.165, 1.54) is 6.20 Å². The van der Waals surface area contributed by atoms with Crippen molar-refractivity contribution in [1.82, 2.24) is 10.3 Å². The zero-order valence-electron chi connectivity index (χ0n) is 19.8. The Balaban J connectivity index is 0.00000497. The van der Waals surface area contributed by atoms with Crippen LogP contribution in [0.5, 0.6) is 5.75 Å². The normalized spacial score (nSPS) is 11.9. The molecule has 0 aromatic carbocycles. The number of aromatic nitrogens is 1. The fourth-order valence-corrected chi connectivity index (χ4v) is 2.70. The van der Waals surface area contributed by atoms with Crippen molar-refractivity contribution in [3.63, 3.8) is 0 Å². The number of aliphatic hydroxyl groups is 1. The first-order valence-electron chi connectivity index (χ1n) is 10.5. The molecule has 0 saturated carbocycles. The van der Waals surface area contributed by atoms with Crippen LogP contribution in [0.3, 0.4) is 0 Å². The fourth-order valence-electron chi connectivity index (χ4n) is 2.70. The molecule has 0 bridgehead atoms. The molecule has 0 aliphatic rings. The zero-order valence-corrected chi connectivity index (χ0v) is 19.8. The summed E-state index contributed by atoms with van der Waals surface area (Å²) in [5.74, 6) is -0.335. The smallest absolute Gasteiger partial charge is 0.251 e. The third-order valence-electron chi connectivity index (χ3n) is 4.51. The lowest BCUT2D eigenvalue weighted by molar-refractivity contribution is -0.117. The summed E-state index contributed by atoms with van der Waals surface area (Å²) < 4.78 is 0. The highest BCUT2D eigenvalue weighted by Crippen LogP contribution is 2.23. The Morgan fingerprint density at radius 3 is 2.48 bits per heavy atom. The molecular formula is C26H36N4O3. The number of rotatable bonds is 11. The van der Waals surface area contributed by atoms with Crippen molar-refractivity contribution in [2.45, 2.75) is 46.8 Å². The number of hydrogen-bond donors (Lipinski definition) is 5. The summed E-state index contributed by atoms with van der Waals surface area (Å²) in [5.41, 5.74) is 8.73. The molecule has 33 heavy (non-hydrogen) atoms. The number of carbonyl (C=O) groups is 1. The van der Waals surface area contributed by atoms with E-state index in [2.05, 4.69) is 30.0 Å². The van der Waals surface area contributed by atoms with E-state index in [4.69, 9.17) is 11.1 Å². The number of nitrogens with one attached hydrogen (secondary N) is 2. The van der Waals surface area contributed by atoms with E-state index in [0.29, 0.717) is 40.8 Å². The lowest BCUT2D eigenvalue weighted by Crippen LogP contribution is -2.24. The summed E-state index contributed by atoms with van der Waals surface area (Å²) in [6, 6.07) is 0. The minimum Gasteiger partial charge on any atom is -0.506 e. The number of amidine groups is 1. The van der Waals surface area contributed by atoms with E-state index in [1.807, 2.05) is 19.9 Å². The molecule has 0 aliphatic heterocycles. The molecule has 0 saturated heterocycles. The van der Waals surface area contributed by atoms with Gasteiger partial charge in [-0.3, -0.25) is 15.2 Å². The van der Waals surface area contributed by atoms with Crippen LogP contribution in [-0.2, 0) is 17.9 Å². The first-order chi connectivity index (χ1) is 15.7. The molecule has 0 spiro atoms. The molecule has 0 atom stereocenters. The lowest BCUT2D eigenvalue weighted by Gasteiger charge is -2.12. The van der Waals surface area contributed by atoms with Crippen LogP contribution in [0, 0.1) is 12.3 Å². The van der Waals surface area contributed by atoms with Crippen LogP contribution in [0.1, 0.15) is 43.5 Å². The van der Waals surface area contributed by atoms with Gasteiger partial charge in [-0.25, -0.2) is 0 Å². The number of aromatic hydroxyl groups is 1. The molecule has 6 N–H and O–H groups in total. The molecular weight excluding hydrogens is 416 g/mol. The van der Waals surface area contributed by atoms with Gasteiger partial charge in [0.1, 0.15) is 11.6 Å². The second-order valence-electron chi connectivity index (χ2n) is 6.86. The number of allylic oxidation sites excluding steroid dienone is 5. The molecule has 1 aromatic rings. The van der Waals surface area contributed by atoms with Crippen LogP contribution in [0.15, 0.2) is 79.1 Å². The summed E-state index contributed by atoms with van der Waals surface area (Å²) in [5, 5.41) is 29.8. The van der Waals surface area contributed by atoms with E-state index in [9.17, 15) is 15.0 Å². The summed E-state index contributed by atoms with van der Waals surface area (Å²) >= 11 is 0. The number of aliphatic hydroxyl groups excluding tert-OH is 1. The van der Waals surface area contributed by atoms with Crippen LogP contribution in [0.2, 0.25) is 0 Å². The van der Waals surface area contributed by atoms with Gasteiger partial charge in [0.25, 0.3) is 5.91 Å². The minimum atomic E-state index is -0.343. The molecule has 7 nitrogen and oxygen atoms in total. The Labute approximate surface area is 197 Å². The van der Waals surface area contributed by atoms with Crippen LogP contribution < -0.4 is 11.1 Å². The maximum Gasteiger partial charge on any atom is 0.251 e.